The maximum Gasteiger partial charge on any atom is 0.0963 e. The number of hydrogen-bond acceptors (Lipinski definition) is 3. The largest absolute Gasteiger partial charge is 0.372 e. The first-order valence-corrected chi connectivity index (χ1v) is 6.87. The van der Waals surface area contributed by atoms with E-state index in [4.69, 9.17) is 0 Å². The van der Waals surface area contributed by atoms with Gasteiger partial charge in [-0.15, -0.1) is 0 Å². The lowest BCUT2D eigenvalue weighted by Gasteiger charge is -2.24. The van der Waals surface area contributed by atoms with Gasteiger partial charge in [0.1, 0.15) is 0 Å². The lowest BCUT2D eigenvalue weighted by atomic mass is 10.2. The third-order valence-electron chi connectivity index (χ3n) is 3.74. The van der Waals surface area contributed by atoms with Crippen molar-refractivity contribution in [3.05, 3.63) is 0 Å². The number of likely N-dealkylation sites (tertiary alicyclic amines) is 1. The minimum absolute atomic E-state index is 0.661. The molecule has 1 fully saturated rings. The van der Waals surface area contributed by atoms with Crippen LogP contribution < -0.4 is 5.32 Å². The highest BCUT2D eigenvalue weighted by Gasteiger charge is 2.17. The Bertz CT molecular complexity index is 231. The molecule has 0 bridgehead atoms. The van der Waals surface area contributed by atoms with Crippen LogP contribution in [0.2, 0.25) is 0 Å². The maximum atomic E-state index is 4.61. The van der Waals surface area contributed by atoms with Gasteiger partial charge in [-0.2, -0.15) is 0 Å². The predicted octanol–water partition coefficient (Wildman–Crippen LogP) is 2.03. The normalized spacial score (nSPS) is 24.9. The summed E-state index contributed by atoms with van der Waals surface area (Å²) >= 11 is 0. The van der Waals surface area contributed by atoms with Crippen LogP contribution in [0.15, 0.2) is 4.99 Å². The Labute approximate surface area is 99.3 Å². The van der Waals surface area contributed by atoms with Gasteiger partial charge in [0.25, 0.3) is 0 Å². The Kier molecular flexibility index (Phi) is 4.64. The van der Waals surface area contributed by atoms with Gasteiger partial charge in [-0.05, 0) is 45.7 Å². The summed E-state index contributed by atoms with van der Waals surface area (Å²) in [6.07, 6.45) is 7.84. The summed E-state index contributed by atoms with van der Waals surface area (Å²) in [5.41, 5.74) is 0. The number of hydrogen-bond donors (Lipinski definition) is 1. The molecule has 0 aromatic carbocycles. The van der Waals surface area contributed by atoms with Crippen LogP contribution >= 0.6 is 0 Å². The molecule has 3 heteroatoms. The second-order valence-corrected chi connectivity index (χ2v) is 5.11. The first-order chi connectivity index (χ1) is 7.86. The Balaban J connectivity index is 1.70. The Hall–Kier alpha value is -0.570. The van der Waals surface area contributed by atoms with Gasteiger partial charge in [-0.1, -0.05) is 6.42 Å². The molecule has 2 aliphatic rings. The highest BCUT2D eigenvalue weighted by Crippen LogP contribution is 2.11. The van der Waals surface area contributed by atoms with Crippen molar-refractivity contribution in [1.29, 1.82) is 0 Å². The summed E-state index contributed by atoms with van der Waals surface area (Å²) in [6, 6.07) is 0.661. The lowest BCUT2D eigenvalue weighted by molar-refractivity contribution is 0.259. The van der Waals surface area contributed by atoms with Crippen LogP contribution in [0.4, 0.5) is 0 Å². The lowest BCUT2D eigenvalue weighted by Crippen LogP contribution is -2.40. The van der Waals surface area contributed by atoms with Crippen molar-refractivity contribution < 1.29 is 0 Å². The van der Waals surface area contributed by atoms with Crippen LogP contribution in [-0.4, -0.2) is 43.0 Å². The molecular weight excluding hydrogens is 198 g/mol. The molecule has 0 amide bonds. The van der Waals surface area contributed by atoms with Crippen molar-refractivity contribution >= 4 is 5.84 Å². The molecule has 1 unspecified atom stereocenters. The molecule has 0 aromatic heterocycles. The van der Waals surface area contributed by atoms with Gasteiger partial charge < -0.3 is 5.32 Å². The van der Waals surface area contributed by atoms with E-state index < -0.39 is 0 Å². The molecule has 0 radical (unpaired) electrons. The number of aliphatic imine (C=N–C) groups is 1. The van der Waals surface area contributed by atoms with E-state index in [0.29, 0.717) is 6.04 Å². The molecule has 2 aliphatic heterocycles. The summed E-state index contributed by atoms with van der Waals surface area (Å²) < 4.78 is 0. The fourth-order valence-electron chi connectivity index (χ4n) is 2.60. The Morgan fingerprint density at radius 1 is 1.19 bits per heavy atom. The monoisotopic (exact) mass is 223 g/mol. The fraction of sp³-hybridized carbons (Fsp3) is 0.923. The van der Waals surface area contributed by atoms with Crippen molar-refractivity contribution in [2.75, 3.05) is 26.2 Å². The van der Waals surface area contributed by atoms with Gasteiger partial charge in [0, 0.05) is 25.6 Å². The summed E-state index contributed by atoms with van der Waals surface area (Å²) in [6.45, 7) is 7.00. The maximum absolute atomic E-state index is 4.61. The zero-order chi connectivity index (χ0) is 11.2. The number of nitrogens with one attached hydrogen (secondary N) is 1. The quantitative estimate of drug-likeness (QED) is 0.793. The van der Waals surface area contributed by atoms with Gasteiger partial charge in [0.2, 0.25) is 0 Å². The topological polar surface area (TPSA) is 27.6 Å². The number of amidine groups is 1. The highest BCUT2D eigenvalue weighted by atomic mass is 15.2. The molecule has 1 saturated heterocycles. The summed E-state index contributed by atoms with van der Waals surface area (Å²) in [5.74, 6) is 1.25. The van der Waals surface area contributed by atoms with Crippen LogP contribution in [0.5, 0.6) is 0 Å². The molecule has 3 nitrogen and oxygen atoms in total. The van der Waals surface area contributed by atoms with Crippen LogP contribution in [0.1, 0.15) is 45.4 Å². The van der Waals surface area contributed by atoms with Crippen LogP contribution in [0, 0.1) is 0 Å². The molecule has 16 heavy (non-hydrogen) atoms. The second kappa shape index (κ2) is 6.24. The van der Waals surface area contributed by atoms with E-state index in [1.165, 1.54) is 51.0 Å². The van der Waals surface area contributed by atoms with Crippen molar-refractivity contribution in [1.82, 2.24) is 10.2 Å². The van der Waals surface area contributed by atoms with E-state index in [0.717, 1.165) is 19.5 Å². The zero-order valence-corrected chi connectivity index (χ0v) is 10.5. The molecule has 0 aromatic rings. The average Bonchev–Trinajstić information content (AvgIpc) is 2.71. The van der Waals surface area contributed by atoms with Crippen LogP contribution in [0.3, 0.4) is 0 Å². The van der Waals surface area contributed by atoms with E-state index in [-0.39, 0.29) is 0 Å². The van der Waals surface area contributed by atoms with Gasteiger partial charge in [0.15, 0.2) is 0 Å². The van der Waals surface area contributed by atoms with E-state index in [2.05, 4.69) is 22.1 Å². The third-order valence-corrected chi connectivity index (χ3v) is 3.74. The van der Waals surface area contributed by atoms with Crippen molar-refractivity contribution in [2.24, 2.45) is 4.99 Å². The Morgan fingerprint density at radius 3 is 2.81 bits per heavy atom. The van der Waals surface area contributed by atoms with Crippen LogP contribution in [-0.2, 0) is 0 Å². The first-order valence-electron chi connectivity index (χ1n) is 6.87. The molecule has 2 heterocycles. The number of nitrogens with zero attached hydrogens (tertiary/aromatic N) is 2. The molecule has 0 aliphatic carbocycles. The molecule has 2 rings (SSSR count). The van der Waals surface area contributed by atoms with E-state index in [1.807, 2.05) is 0 Å². The van der Waals surface area contributed by atoms with Crippen molar-refractivity contribution in [2.45, 2.75) is 51.5 Å². The molecular formula is C13H25N3. The Morgan fingerprint density at radius 2 is 2.00 bits per heavy atom. The predicted molar refractivity (Wildman–Crippen MR) is 69.0 cm³/mol. The summed E-state index contributed by atoms with van der Waals surface area (Å²) in [7, 11) is 0. The molecule has 0 saturated carbocycles. The highest BCUT2D eigenvalue weighted by molar-refractivity contribution is 5.82. The van der Waals surface area contributed by atoms with Gasteiger partial charge in [0.05, 0.1) is 5.84 Å². The minimum Gasteiger partial charge on any atom is -0.372 e. The summed E-state index contributed by atoms with van der Waals surface area (Å²) in [4.78, 5) is 7.20. The molecule has 92 valence electrons. The van der Waals surface area contributed by atoms with Crippen molar-refractivity contribution in [3.8, 4) is 0 Å². The standard InChI is InChI=1S/C13H25N3/c1-12(16-9-5-6-10-16)11-15-13-7-3-2-4-8-14-13/h12H,2-11H2,1H3,(H,14,15). The van der Waals surface area contributed by atoms with Gasteiger partial charge in [-0.25, -0.2) is 0 Å². The number of rotatable bonds is 3. The van der Waals surface area contributed by atoms with E-state index in [1.54, 1.807) is 0 Å². The van der Waals surface area contributed by atoms with E-state index >= 15 is 0 Å². The average molecular weight is 223 g/mol. The van der Waals surface area contributed by atoms with Gasteiger partial charge in [-0.3, -0.25) is 9.89 Å². The smallest absolute Gasteiger partial charge is 0.0963 e. The second-order valence-electron chi connectivity index (χ2n) is 5.11. The van der Waals surface area contributed by atoms with Crippen molar-refractivity contribution in [3.63, 3.8) is 0 Å². The molecule has 0 spiro atoms. The third kappa shape index (κ3) is 3.48. The zero-order valence-electron chi connectivity index (χ0n) is 10.5. The van der Waals surface area contributed by atoms with E-state index in [9.17, 15) is 0 Å². The van der Waals surface area contributed by atoms with Crippen LogP contribution in [0.25, 0.3) is 0 Å². The van der Waals surface area contributed by atoms with Gasteiger partial charge >= 0.3 is 0 Å². The molecule has 1 atom stereocenters. The molecule has 1 N–H and O–H groups in total. The fourth-order valence-corrected chi connectivity index (χ4v) is 2.60. The SMILES string of the molecule is CC(CNC1=NCCCCC1)N1CCCC1. The minimum atomic E-state index is 0.661. The summed E-state index contributed by atoms with van der Waals surface area (Å²) in [5, 5.41) is 3.55. The first kappa shape index (κ1) is 11.9.